The molecule has 0 aliphatic carbocycles. The monoisotopic (exact) mass is 417 g/mol. The van der Waals surface area contributed by atoms with Gasteiger partial charge in [0.25, 0.3) is 5.91 Å². The fraction of sp³-hybridized carbons (Fsp3) is 0.208. The van der Waals surface area contributed by atoms with Gasteiger partial charge < -0.3 is 19.7 Å². The Balaban J connectivity index is 1.73. The minimum Gasteiger partial charge on any atom is -0.452 e. The van der Waals surface area contributed by atoms with Crippen LogP contribution in [-0.4, -0.2) is 28.2 Å². The van der Waals surface area contributed by atoms with Crippen LogP contribution in [0.2, 0.25) is 0 Å². The van der Waals surface area contributed by atoms with Crippen LogP contribution in [0.15, 0.2) is 54.6 Å². The molecule has 1 amide bonds. The first-order valence-electron chi connectivity index (χ1n) is 9.75. The van der Waals surface area contributed by atoms with Crippen molar-refractivity contribution in [3.8, 4) is 6.07 Å². The fourth-order valence-corrected chi connectivity index (χ4v) is 3.22. The lowest BCUT2D eigenvalue weighted by atomic mass is 10.1. The van der Waals surface area contributed by atoms with E-state index in [9.17, 15) is 14.9 Å². The van der Waals surface area contributed by atoms with Crippen molar-refractivity contribution in [3.63, 3.8) is 0 Å². The van der Waals surface area contributed by atoms with E-state index in [1.807, 2.05) is 48.7 Å². The lowest BCUT2D eigenvalue weighted by Crippen LogP contribution is -2.23. The van der Waals surface area contributed by atoms with Crippen molar-refractivity contribution < 1.29 is 19.4 Å². The van der Waals surface area contributed by atoms with Gasteiger partial charge in [0.1, 0.15) is 11.9 Å². The van der Waals surface area contributed by atoms with Crippen molar-refractivity contribution in [1.29, 1.82) is 5.26 Å². The van der Waals surface area contributed by atoms with E-state index in [2.05, 4.69) is 11.4 Å². The maximum atomic E-state index is 12.5. The van der Waals surface area contributed by atoms with Gasteiger partial charge in [0.2, 0.25) is 0 Å². The average molecular weight is 417 g/mol. The van der Waals surface area contributed by atoms with E-state index in [-0.39, 0.29) is 12.2 Å². The van der Waals surface area contributed by atoms with Crippen LogP contribution in [0.1, 0.15) is 38.3 Å². The number of aliphatic hydroxyl groups excluding tert-OH is 1. The van der Waals surface area contributed by atoms with Crippen molar-refractivity contribution in [2.24, 2.45) is 0 Å². The first-order valence-corrected chi connectivity index (χ1v) is 9.75. The number of esters is 1. The molecule has 0 atom stereocenters. The largest absolute Gasteiger partial charge is 0.452 e. The molecule has 31 heavy (non-hydrogen) atoms. The van der Waals surface area contributed by atoms with E-state index in [1.165, 1.54) is 12.1 Å². The standard InChI is InChI=1S/C24H23N3O4/c1-16-17(2)27(13-18-6-4-3-5-7-18)23(21(16)12-25)26-22(29)15-31-24(30)20-10-8-19(14-28)9-11-20/h3-11,28H,13-15H2,1-2H3,(H,26,29). The normalized spacial score (nSPS) is 10.4. The Morgan fingerprint density at radius 2 is 1.74 bits per heavy atom. The Labute approximate surface area is 180 Å². The molecule has 1 aromatic heterocycles. The zero-order chi connectivity index (χ0) is 22.4. The topological polar surface area (TPSA) is 104 Å². The highest BCUT2D eigenvalue weighted by Crippen LogP contribution is 2.27. The highest BCUT2D eigenvalue weighted by molar-refractivity contribution is 5.96. The lowest BCUT2D eigenvalue weighted by Gasteiger charge is -2.13. The summed E-state index contributed by atoms with van der Waals surface area (Å²) < 4.78 is 6.97. The van der Waals surface area contributed by atoms with Crippen molar-refractivity contribution >= 4 is 17.7 Å². The maximum absolute atomic E-state index is 12.5. The molecule has 0 aliphatic heterocycles. The summed E-state index contributed by atoms with van der Waals surface area (Å²) in [5.41, 5.74) is 4.02. The third-order valence-corrected chi connectivity index (χ3v) is 5.09. The van der Waals surface area contributed by atoms with E-state index < -0.39 is 18.5 Å². The van der Waals surface area contributed by atoms with Gasteiger partial charge in [-0.3, -0.25) is 4.79 Å². The van der Waals surface area contributed by atoms with Crippen LogP contribution >= 0.6 is 0 Å². The molecule has 3 aromatic rings. The average Bonchev–Trinajstić information content (AvgIpc) is 3.01. The smallest absolute Gasteiger partial charge is 0.338 e. The number of hydrogen-bond acceptors (Lipinski definition) is 5. The van der Waals surface area contributed by atoms with Gasteiger partial charge in [-0.1, -0.05) is 42.5 Å². The van der Waals surface area contributed by atoms with Crippen LogP contribution < -0.4 is 5.32 Å². The third-order valence-electron chi connectivity index (χ3n) is 5.09. The number of aliphatic hydroxyl groups is 1. The lowest BCUT2D eigenvalue weighted by molar-refractivity contribution is -0.119. The summed E-state index contributed by atoms with van der Waals surface area (Å²) in [6.07, 6.45) is 0. The Bertz CT molecular complexity index is 1130. The summed E-state index contributed by atoms with van der Waals surface area (Å²) in [6.45, 7) is 3.61. The minimum absolute atomic E-state index is 0.125. The number of hydrogen-bond donors (Lipinski definition) is 2. The van der Waals surface area contributed by atoms with Gasteiger partial charge in [0.05, 0.1) is 17.7 Å². The molecule has 2 aromatic carbocycles. The van der Waals surface area contributed by atoms with E-state index >= 15 is 0 Å². The molecule has 1 heterocycles. The molecule has 0 unspecified atom stereocenters. The van der Waals surface area contributed by atoms with Crippen LogP contribution in [0, 0.1) is 25.2 Å². The number of carbonyl (C=O) groups is 2. The zero-order valence-corrected chi connectivity index (χ0v) is 17.4. The highest BCUT2D eigenvalue weighted by atomic mass is 16.5. The SMILES string of the molecule is Cc1c(C#N)c(NC(=O)COC(=O)c2ccc(CO)cc2)n(Cc2ccccc2)c1C. The van der Waals surface area contributed by atoms with E-state index in [4.69, 9.17) is 9.84 Å². The number of rotatable bonds is 7. The van der Waals surface area contributed by atoms with Gasteiger partial charge in [-0.25, -0.2) is 4.79 Å². The molecule has 7 nitrogen and oxygen atoms in total. The van der Waals surface area contributed by atoms with Gasteiger partial charge in [0, 0.05) is 12.2 Å². The predicted octanol–water partition coefficient (Wildman–Crippen LogP) is 3.31. The van der Waals surface area contributed by atoms with Crippen molar-refractivity contribution in [2.45, 2.75) is 27.0 Å². The summed E-state index contributed by atoms with van der Waals surface area (Å²) in [5.74, 6) is -0.800. The molecule has 0 spiro atoms. The van der Waals surface area contributed by atoms with Crippen LogP contribution in [-0.2, 0) is 22.7 Å². The third kappa shape index (κ3) is 5.00. The minimum atomic E-state index is -0.646. The van der Waals surface area contributed by atoms with Crippen LogP contribution in [0.5, 0.6) is 0 Å². The molecular weight excluding hydrogens is 394 g/mol. The van der Waals surface area contributed by atoms with E-state index in [1.54, 1.807) is 12.1 Å². The summed E-state index contributed by atoms with van der Waals surface area (Å²) >= 11 is 0. The quantitative estimate of drug-likeness (QED) is 0.574. The number of nitrogens with one attached hydrogen (secondary N) is 1. The molecule has 3 rings (SSSR count). The Morgan fingerprint density at radius 3 is 2.35 bits per heavy atom. The second-order valence-electron chi connectivity index (χ2n) is 7.10. The number of benzene rings is 2. The fourth-order valence-electron chi connectivity index (χ4n) is 3.22. The second kappa shape index (κ2) is 9.74. The zero-order valence-electron chi connectivity index (χ0n) is 17.4. The van der Waals surface area contributed by atoms with Crippen molar-refractivity contribution in [1.82, 2.24) is 4.57 Å². The van der Waals surface area contributed by atoms with Gasteiger partial charge >= 0.3 is 5.97 Å². The summed E-state index contributed by atoms with van der Waals surface area (Å²) in [7, 11) is 0. The number of anilines is 1. The van der Waals surface area contributed by atoms with Crippen molar-refractivity contribution in [3.05, 3.63) is 88.1 Å². The van der Waals surface area contributed by atoms with Crippen LogP contribution in [0.25, 0.3) is 0 Å². The molecular formula is C24H23N3O4. The van der Waals surface area contributed by atoms with Gasteiger partial charge in [0.15, 0.2) is 6.61 Å². The molecule has 0 saturated heterocycles. The van der Waals surface area contributed by atoms with E-state index in [0.29, 0.717) is 23.5 Å². The molecule has 0 radical (unpaired) electrons. The van der Waals surface area contributed by atoms with Crippen molar-refractivity contribution in [2.75, 3.05) is 11.9 Å². The van der Waals surface area contributed by atoms with Gasteiger partial charge in [-0.05, 0) is 42.7 Å². The summed E-state index contributed by atoms with van der Waals surface area (Å²) in [5, 5.41) is 21.4. The van der Waals surface area contributed by atoms with Crippen LogP contribution in [0.4, 0.5) is 5.82 Å². The molecule has 2 N–H and O–H groups in total. The number of amides is 1. The molecule has 0 fully saturated rings. The molecule has 0 saturated carbocycles. The Hall–Kier alpha value is -3.89. The van der Waals surface area contributed by atoms with Gasteiger partial charge in [-0.15, -0.1) is 0 Å². The van der Waals surface area contributed by atoms with Crippen LogP contribution in [0.3, 0.4) is 0 Å². The molecule has 0 aliphatic rings. The second-order valence-corrected chi connectivity index (χ2v) is 7.10. The summed E-state index contributed by atoms with van der Waals surface area (Å²) in [4.78, 5) is 24.7. The Morgan fingerprint density at radius 1 is 1.06 bits per heavy atom. The van der Waals surface area contributed by atoms with Gasteiger partial charge in [-0.2, -0.15) is 5.26 Å². The molecule has 158 valence electrons. The Kier molecular flexibility index (Phi) is 6.85. The predicted molar refractivity (Wildman–Crippen MR) is 115 cm³/mol. The summed E-state index contributed by atoms with van der Waals surface area (Å²) in [6, 6.07) is 18.1. The first-order chi connectivity index (χ1) is 14.9. The highest BCUT2D eigenvalue weighted by Gasteiger charge is 2.20. The first kappa shape index (κ1) is 21.8. The number of nitrogens with zero attached hydrogens (tertiary/aromatic N) is 2. The number of carbonyl (C=O) groups excluding carboxylic acids is 2. The maximum Gasteiger partial charge on any atom is 0.338 e. The number of nitriles is 1. The number of ether oxygens (including phenoxy) is 1. The molecule has 7 heteroatoms. The number of aromatic nitrogens is 1. The molecule has 0 bridgehead atoms. The van der Waals surface area contributed by atoms with E-state index in [0.717, 1.165) is 16.8 Å².